The third-order valence-corrected chi connectivity index (χ3v) is 2.67. The predicted octanol–water partition coefficient (Wildman–Crippen LogP) is 1.30. The largest absolute Gasteiger partial charge is 0.380 e. The number of hydrogen-bond acceptors (Lipinski definition) is 4. The minimum Gasteiger partial charge on any atom is -0.380 e. The molecule has 1 N–H and O–H groups in total. The topological polar surface area (TPSA) is 64.6 Å². The van der Waals surface area contributed by atoms with Crippen molar-refractivity contribution in [3.63, 3.8) is 0 Å². The highest BCUT2D eigenvalue weighted by atomic mass is 16.5. The number of Topliss-reactive ketones (excluding diaryl/α,β-unsaturated/α-hetero) is 1. The van der Waals surface area contributed by atoms with E-state index in [-0.39, 0.29) is 23.7 Å². The Kier molecular flexibility index (Phi) is 8.58. The van der Waals surface area contributed by atoms with Gasteiger partial charge >= 0.3 is 0 Å². The first-order chi connectivity index (χ1) is 8.37. The molecule has 1 amide bonds. The van der Waals surface area contributed by atoms with Crippen molar-refractivity contribution < 1.29 is 19.1 Å². The summed E-state index contributed by atoms with van der Waals surface area (Å²) in [5.74, 6) is -0.0748. The quantitative estimate of drug-likeness (QED) is 0.601. The number of nitrogens with one attached hydrogen (secondary N) is 1. The Balaban J connectivity index is 3.40. The summed E-state index contributed by atoms with van der Waals surface area (Å²) in [5.41, 5.74) is -0.176. The summed E-state index contributed by atoms with van der Waals surface area (Å²) in [4.78, 5) is 21.9. The summed E-state index contributed by atoms with van der Waals surface area (Å²) in [5, 5.41) is 2.70. The van der Waals surface area contributed by atoms with Gasteiger partial charge in [0.05, 0.1) is 12.2 Å². The molecule has 0 radical (unpaired) electrons. The van der Waals surface area contributed by atoms with Crippen LogP contribution in [-0.4, -0.2) is 44.2 Å². The Morgan fingerprint density at radius 1 is 1.17 bits per heavy atom. The molecule has 0 aliphatic rings. The molecule has 0 unspecified atom stereocenters. The molecule has 106 valence electrons. The summed E-state index contributed by atoms with van der Waals surface area (Å²) in [6.07, 6.45) is 1.36. The fourth-order valence-corrected chi connectivity index (χ4v) is 1.16. The second-order valence-electron chi connectivity index (χ2n) is 4.88. The van der Waals surface area contributed by atoms with Crippen LogP contribution in [0.3, 0.4) is 0 Å². The second-order valence-corrected chi connectivity index (χ2v) is 4.88. The first-order valence-corrected chi connectivity index (χ1v) is 6.26. The van der Waals surface area contributed by atoms with Gasteiger partial charge in [0, 0.05) is 33.1 Å². The second kappa shape index (κ2) is 9.05. The molecule has 5 heteroatoms. The van der Waals surface area contributed by atoms with Crippen LogP contribution in [0, 0.1) is 0 Å². The van der Waals surface area contributed by atoms with Gasteiger partial charge in [0.15, 0.2) is 0 Å². The average Bonchev–Trinajstić information content (AvgIpc) is 2.31. The number of ether oxygens (including phenoxy) is 2. The smallest absolute Gasteiger partial charge is 0.220 e. The molecule has 0 rings (SSSR count). The van der Waals surface area contributed by atoms with Crippen molar-refractivity contribution in [2.24, 2.45) is 0 Å². The van der Waals surface area contributed by atoms with Crippen LogP contribution in [0.25, 0.3) is 0 Å². The molecule has 0 saturated carbocycles. The maximum Gasteiger partial charge on any atom is 0.220 e. The Hall–Kier alpha value is -0.940. The minimum atomic E-state index is -0.176. The molecular formula is C13H25NO4. The average molecular weight is 259 g/mol. The highest BCUT2D eigenvalue weighted by Gasteiger charge is 2.15. The van der Waals surface area contributed by atoms with E-state index in [0.29, 0.717) is 26.2 Å². The van der Waals surface area contributed by atoms with Gasteiger partial charge in [-0.25, -0.2) is 0 Å². The van der Waals surface area contributed by atoms with Gasteiger partial charge in [0.2, 0.25) is 5.91 Å². The minimum absolute atomic E-state index is 0.0307. The van der Waals surface area contributed by atoms with Gasteiger partial charge in [0.1, 0.15) is 5.78 Å². The molecule has 0 fully saturated rings. The number of methoxy groups -OCH3 is 1. The molecule has 0 bridgehead atoms. The Morgan fingerprint density at radius 3 is 2.39 bits per heavy atom. The number of ketones is 1. The van der Waals surface area contributed by atoms with E-state index < -0.39 is 0 Å². The van der Waals surface area contributed by atoms with Crippen LogP contribution in [-0.2, 0) is 19.1 Å². The van der Waals surface area contributed by atoms with E-state index in [1.54, 1.807) is 7.11 Å². The molecule has 0 aromatic carbocycles. The van der Waals surface area contributed by atoms with Crippen molar-refractivity contribution in [3.8, 4) is 0 Å². The fraction of sp³-hybridized carbons (Fsp3) is 0.846. The van der Waals surface area contributed by atoms with Gasteiger partial charge in [-0.05, 0) is 27.2 Å². The normalized spacial score (nSPS) is 11.3. The van der Waals surface area contributed by atoms with Gasteiger partial charge in [0.25, 0.3) is 0 Å². The summed E-state index contributed by atoms with van der Waals surface area (Å²) in [6.45, 7) is 7.04. The lowest BCUT2D eigenvalue weighted by Gasteiger charge is -2.22. The lowest BCUT2D eigenvalue weighted by Crippen LogP contribution is -2.29. The summed E-state index contributed by atoms with van der Waals surface area (Å²) >= 11 is 0. The van der Waals surface area contributed by atoms with Crippen LogP contribution in [0.1, 0.15) is 40.0 Å². The van der Waals surface area contributed by atoms with Crippen LogP contribution >= 0.6 is 0 Å². The Bertz CT molecular complexity index is 264. The molecule has 0 heterocycles. The van der Waals surface area contributed by atoms with E-state index in [4.69, 9.17) is 9.47 Å². The van der Waals surface area contributed by atoms with Crippen molar-refractivity contribution in [3.05, 3.63) is 0 Å². The van der Waals surface area contributed by atoms with Gasteiger partial charge in [-0.2, -0.15) is 0 Å². The number of carbonyl (C=O) groups is 2. The van der Waals surface area contributed by atoms with E-state index in [0.717, 1.165) is 6.42 Å². The lowest BCUT2D eigenvalue weighted by atomic mass is 10.1. The maximum absolute atomic E-state index is 11.2. The van der Waals surface area contributed by atoms with Crippen molar-refractivity contribution in [1.82, 2.24) is 5.32 Å². The Labute approximate surface area is 109 Å². The van der Waals surface area contributed by atoms with Gasteiger partial charge < -0.3 is 19.6 Å². The highest BCUT2D eigenvalue weighted by Crippen LogP contribution is 2.12. The zero-order chi connectivity index (χ0) is 14.0. The third-order valence-electron chi connectivity index (χ3n) is 2.67. The van der Waals surface area contributed by atoms with Crippen LogP contribution < -0.4 is 5.32 Å². The highest BCUT2D eigenvalue weighted by molar-refractivity contribution is 5.83. The number of amides is 1. The van der Waals surface area contributed by atoms with Crippen LogP contribution in [0.15, 0.2) is 0 Å². The molecule has 0 aromatic heterocycles. The fourth-order valence-electron chi connectivity index (χ4n) is 1.16. The molecular weight excluding hydrogens is 234 g/mol. The van der Waals surface area contributed by atoms with E-state index in [1.165, 1.54) is 6.92 Å². The number of hydrogen-bond donors (Lipinski definition) is 1. The van der Waals surface area contributed by atoms with E-state index >= 15 is 0 Å². The monoisotopic (exact) mass is 259 g/mol. The zero-order valence-corrected chi connectivity index (χ0v) is 11.9. The first-order valence-electron chi connectivity index (χ1n) is 6.26. The molecule has 5 nitrogen and oxygen atoms in total. The summed E-state index contributed by atoms with van der Waals surface area (Å²) in [7, 11) is 1.68. The van der Waals surface area contributed by atoms with E-state index in [2.05, 4.69) is 5.32 Å². The van der Waals surface area contributed by atoms with E-state index in [9.17, 15) is 9.59 Å². The lowest BCUT2D eigenvalue weighted by molar-refractivity contribution is -0.124. The van der Waals surface area contributed by atoms with Crippen molar-refractivity contribution in [2.75, 3.05) is 26.9 Å². The molecule has 0 spiro atoms. The molecule has 0 saturated heterocycles. The van der Waals surface area contributed by atoms with Crippen LogP contribution in [0.4, 0.5) is 0 Å². The standard InChI is InChI=1S/C13H25NO4/c1-11(15)5-6-12(16)14-8-10-18-9-7-13(2,3)17-4/h5-10H2,1-4H3,(H,14,16). The number of rotatable bonds is 10. The maximum atomic E-state index is 11.2. The van der Waals surface area contributed by atoms with Crippen LogP contribution in [0.2, 0.25) is 0 Å². The van der Waals surface area contributed by atoms with Crippen molar-refractivity contribution in [1.29, 1.82) is 0 Å². The molecule has 0 atom stereocenters. The molecule has 18 heavy (non-hydrogen) atoms. The van der Waals surface area contributed by atoms with Gasteiger partial charge in [-0.3, -0.25) is 4.79 Å². The molecule has 0 aromatic rings. The molecule has 0 aliphatic heterocycles. The van der Waals surface area contributed by atoms with E-state index in [1.807, 2.05) is 13.8 Å². The van der Waals surface area contributed by atoms with Crippen LogP contribution in [0.5, 0.6) is 0 Å². The zero-order valence-electron chi connectivity index (χ0n) is 11.9. The van der Waals surface area contributed by atoms with Crippen molar-refractivity contribution >= 4 is 11.7 Å². The van der Waals surface area contributed by atoms with Gasteiger partial charge in [-0.15, -0.1) is 0 Å². The number of carbonyl (C=O) groups excluding carboxylic acids is 2. The predicted molar refractivity (Wildman–Crippen MR) is 69.4 cm³/mol. The van der Waals surface area contributed by atoms with Gasteiger partial charge in [-0.1, -0.05) is 0 Å². The van der Waals surface area contributed by atoms with Crippen molar-refractivity contribution in [2.45, 2.75) is 45.6 Å². The summed E-state index contributed by atoms with van der Waals surface area (Å²) in [6, 6.07) is 0. The Morgan fingerprint density at radius 2 is 1.83 bits per heavy atom. The first kappa shape index (κ1) is 17.1. The summed E-state index contributed by atoms with van der Waals surface area (Å²) < 4.78 is 10.6. The molecule has 0 aliphatic carbocycles. The third kappa shape index (κ3) is 10.2. The SMILES string of the molecule is COC(C)(C)CCOCCNC(=O)CCC(C)=O.